The smallest absolute Gasteiger partial charge is 0.0401 e. The molecule has 2 heteroatoms. The van der Waals surface area contributed by atoms with Crippen molar-refractivity contribution in [3.63, 3.8) is 0 Å². The third-order valence-electron chi connectivity index (χ3n) is 3.13. The second-order valence-electron chi connectivity index (χ2n) is 4.45. The molecule has 0 atom stereocenters. The van der Waals surface area contributed by atoms with E-state index in [-0.39, 0.29) is 0 Å². The summed E-state index contributed by atoms with van der Waals surface area (Å²) in [4.78, 5) is 2.47. The van der Waals surface area contributed by atoms with Crippen molar-refractivity contribution in [2.45, 2.75) is 26.7 Å². The summed E-state index contributed by atoms with van der Waals surface area (Å²) in [6, 6.07) is 8.73. The molecule has 0 radical (unpaired) electrons. The van der Waals surface area contributed by atoms with Crippen molar-refractivity contribution in [2.75, 3.05) is 31.6 Å². The summed E-state index contributed by atoms with van der Waals surface area (Å²) in [6.07, 6.45) is 6.62. The Hall–Kier alpha value is -1.28. The van der Waals surface area contributed by atoms with E-state index < -0.39 is 0 Å². The number of rotatable bonds is 8. The van der Waals surface area contributed by atoms with Gasteiger partial charge in [0.15, 0.2) is 0 Å². The highest BCUT2D eigenvalue weighted by Crippen LogP contribution is 2.21. The maximum Gasteiger partial charge on any atom is 0.0401 e. The van der Waals surface area contributed by atoms with Crippen LogP contribution in [0.5, 0.6) is 0 Å². The lowest BCUT2D eigenvalue weighted by molar-refractivity contribution is 0.700. The number of anilines is 1. The highest BCUT2D eigenvalue weighted by molar-refractivity contribution is 5.54. The van der Waals surface area contributed by atoms with E-state index in [9.17, 15) is 0 Å². The Morgan fingerprint density at radius 1 is 1.28 bits per heavy atom. The van der Waals surface area contributed by atoms with E-state index in [1.165, 1.54) is 17.7 Å². The van der Waals surface area contributed by atoms with Crippen molar-refractivity contribution >= 4 is 5.69 Å². The van der Waals surface area contributed by atoms with Crippen LogP contribution in [0.4, 0.5) is 5.69 Å². The van der Waals surface area contributed by atoms with Crippen molar-refractivity contribution in [3.05, 3.63) is 42.0 Å². The van der Waals surface area contributed by atoms with E-state index in [4.69, 9.17) is 0 Å². The molecule has 0 spiro atoms. The van der Waals surface area contributed by atoms with Gasteiger partial charge in [-0.05, 0) is 45.0 Å². The third-order valence-corrected chi connectivity index (χ3v) is 3.13. The van der Waals surface area contributed by atoms with Crippen LogP contribution in [0, 0.1) is 0 Å². The number of hydrogen-bond acceptors (Lipinski definition) is 2. The average molecular weight is 246 g/mol. The van der Waals surface area contributed by atoms with Gasteiger partial charge in [-0.1, -0.05) is 37.3 Å². The second kappa shape index (κ2) is 8.76. The lowest BCUT2D eigenvalue weighted by Crippen LogP contribution is -2.27. The van der Waals surface area contributed by atoms with Crippen molar-refractivity contribution in [1.29, 1.82) is 0 Å². The number of aryl methyl sites for hydroxylation is 1. The maximum atomic E-state index is 3.21. The zero-order chi connectivity index (χ0) is 13.2. The topological polar surface area (TPSA) is 15.3 Å². The zero-order valence-electron chi connectivity index (χ0n) is 11.9. The Kier molecular flexibility index (Phi) is 7.19. The van der Waals surface area contributed by atoms with E-state index >= 15 is 0 Å². The molecule has 0 heterocycles. The zero-order valence-corrected chi connectivity index (χ0v) is 11.9. The molecule has 0 aromatic heterocycles. The summed E-state index contributed by atoms with van der Waals surface area (Å²) < 4.78 is 0. The summed E-state index contributed by atoms with van der Waals surface area (Å²) in [5, 5.41) is 3.21. The summed E-state index contributed by atoms with van der Waals surface area (Å²) in [5.74, 6) is 0. The Bertz CT molecular complexity index is 358. The largest absolute Gasteiger partial charge is 0.368 e. The van der Waals surface area contributed by atoms with Gasteiger partial charge >= 0.3 is 0 Å². The third kappa shape index (κ3) is 4.53. The molecule has 0 aliphatic heterocycles. The van der Waals surface area contributed by atoms with Gasteiger partial charge in [0.1, 0.15) is 0 Å². The first kappa shape index (κ1) is 14.8. The molecule has 0 aliphatic carbocycles. The van der Waals surface area contributed by atoms with E-state index in [2.05, 4.69) is 60.5 Å². The van der Waals surface area contributed by atoms with E-state index in [1.54, 1.807) is 0 Å². The highest BCUT2D eigenvalue weighted by atomic mass is 15.1. The molecule has 0 saturated carbocycles. The molecule has 0 unspecified atom stereocenters. The quantitative estimate of drug-likeness (QED) is 0.559. The Balaban J connectivity index is 2.79. The number of benzene rings is 1. The van der Waals surface area contributed by atoms with Gasteiger partial charge in [0.05, 0.1) is 0 Å². The molecule has 100 valence electrons. The molecule has 0 saturated heterocycles. The number of nitrogens with zero attached hydrogens (tertiary/aromatic N) is 1. The van der Waals surface area contributed by atoms with E-state index in [0.29, 0.717) is 0 Å². The van der Waals surface area contributed by atoms with Gasteiger partial charge in [-0.25, -0.2) is 0 Å². The van der Waals surface area contributed by atoms with Gasteiger partial charge in [0.2, 0.25) is 0 Å². The van der Waals surface area contributed by atoms with Crippen LogP contribution in [0.15, 0.2) is 36.4 Å². The Morgan fingerprint density at radius 3 is 2.72 bits per heavy atom. The van der Waals surface area contributed by atoms with Crippen LogP contribution in [-0.2, 0) is 6.42 Å². The minimum absolute atomic E-state index is 0.997. The molecular weight excluding hydrogens is 220 g/mol. The molecule has 0 fully saturated rings. The molecule has 1 aromatic rings. The Labute approximate surface area is 112 Å². The molecule has 1 rings (SSSR count). The van der Waals surface area contributed by atoms with Crippen molar-refractivity contribution < 1.29 is 0 Å². The number of allylic oxidation sites excluding steroid dienone is 1. The fourth-order valence-electron chi connectivity index (χ4n) is 2.11. The van der Waals surface area contributed by atoms with Crippen LogP contribution >= 0.6 is 0 Å². The van der Waals surface area contributed by atoms with E-state index in [1.807, 2.05) is 7.05 Å². The van der Waals surface area contributed by atoms with Gasteiger partial charge in [0.25, 0.3) is 0 Å². The second-order valence-corrected chi connectivity index (χ2v) is 4.45. The molecule has 0 bridgehead atoms. The van der Waals surface area contributed by atoms with Gasteiger partial charge in [-0.3, -0.25) is 0 Å². The van der Waals surface area contributed by atoms with Gasteiger partial charge in [0, 0.05) is 18.8 Å². The maximum absolute atomic E-state index is 3.21. The normalized spacial score (nSPS) is 11.1. The minimum atomic E-state index is 0.997. The van der Waals surface area contributed by atoms with Crippen molar-refractivity contribution in [2.24, 2.45) is 0 Å². The molecule has 1 aromatic carbocycles. The summed E-state index contributed by atoms with van der Waals surface area (Å²) in [7, 11) is 2.01. The molecule has 0 amide bonds. The first-order chi connectivity index (χ1) is 8.83. The number of nitrogens with one attached hydrogen (secondary N) is 1. The van der Waals surface area contributed by atoms with Crippen LogP contribution in [0.25, 0.3) is 0 Å². The molecule has 2 nitrogen and oxygen atoms in total. The fraction of sp³-hybridized carbons (Fsp3) is 0.500. The molecule has 18 heavy (non-hydrogen) atoms. The van der Waals surface area contributed by atoms with Gasteiger partial charge in [-0.15, -0.1) is 0 Å². The first-order valence-electron chi connectivity index (χ1n) is 6.92. The molecular formula is C16H26N2. The number of para-hydroxylation sites is 1. The van der Waals surface area contributed by atoms with Crippen LogP contribution in [-0.4, -0.2) is 26.7 Å². The van der Waals surface area contributed by atoms with E-state index in [0.717, 1.165) is 26.1 Å². The summed E-state index contributed by atoms with van der Waals surface area (Å²) in [6.45, 7) is 7.47. The predicted molar refractivity (Wildman–Crippen MR) is 81.4 cm³/mol. The van der Waals surface area contributed by atoms with Crippen LogP contribution < -0.4 is 10.2 Å². The SMILES string of the molecule is C/C=C\CN(CCCNC)c1ccccc1CC. The predicted octanol–water partition coefficient (Wildman–Crippen LogP) is 3.24. The van der Waals surface area contributed by atoms with Crippen LogP contribution in [0.3, 0.4) is 0 Å². The number of hydrogen-bond donors (Lipinski definition) is 1. The fourth-order valence-corrected chi connectivity index (χ4v) is 2.11. The first-order valence-corrected chi connectivity index (χ1v) is 6.92. The average Bonchev–Trinajstić information content (AvgIpc) is 2.42. The summed E-state index contributed by atoms with van der Waals surface area (Å²) >= 11 is 0. The van der Waals surface area contributed by atoms with Gasteiger partial charge < -0.3 is 10.2 Å². The standard InChI is InChI=1S/C16H26N2/c1-4-6-13-18(14-9-12-17-3)16-11-8-7-10-15(16)5-2/h4,6-8,10-11,17H,5,9,12-14H2,1-3H3/b6-4-. The van der Waals surface area contributed by atoms with Crippen LogP contribution in [0.2, 0.25) is 0 Å². The Morgan fingerprint density at radius 2 is 2.06 bits per heavy atom. The molecule has 1 N–H and O–H groups in total. The van der Waals surface area contributed by atoms with Gasteiger partial charge in [-0.2, -0.15) is 0 Å². The highest BCUT2D eigenvalue weighted by Gasteiger charge is 2.07. The lowest BCUT2D eigenvalue weighted by Gasteiger charge is -2.26. The molecule has 0 aliphatic rings. The summed E-state index contributed by atoms with van der Waals surface area (Å²) in [5.41, 5.74) is 2.82. The lowest BCUT2D eigenvalue weighted by atomic mass is 10.1. The van der Waals surface area contributed by atoms with Crippen molar-refractivity contribution in [3.8, 4) is 0 Å². The minimum Gasteiger partial charge on any atom is -0.368 e. The van der Waals surface area contributed by atoms with Crippen LogP contribution in [0.1, 0.15) is 25.8 Å². The van der Waals surface area contributed by atoms with Crippen molar-refractivity contribution in [1.82, 2.24) is 5.32 Å². The monoisotopic (exact) mass is 246 g/mol.